The highest BCUT2D eigenvalue weighted by atomic mass is 32.1. The maximum Gasteiger partial charge on any atom is 0.251 e. The van der Waals surface area contributed by atoms with Crippen molar-refractivity contribution in [3.8, 4) is 0 Å². The molecule has 0 spiro atoms. The van der Waals surface area contributed by atoms with Crippen molar-refractivity contribution < 1.29 is 4.79 Å². The zero-order valence-electron chi connectivity index (χ0n) is 11.2. The smallest absolute Gasteiger partial charge is 0.251 e. The summed E-state index contributed by atoms with van der Waals surface area (Å²) in [7, 11) is 1.86. The zero-order chi connectivity index (χ0) is 14.5. The summed E-state index contributed by atoms with van der Waals surface area (Å²) in [6.45, 7) is 0.535. The molecule has 5 nitrogen and oxygen atoms in total. The standard InChI is InChI=1S/C14H16N4OS/c1-18-8-6-12(17-18)5-7-16-14(19)11-4-2-3-10(9-11)13(15)20/h2-4,6,8-9H,5,7H2,1H3,(H2,15,20)(H,16,19). The average molecular weight is 288 g/mol. The molecule has 0 fully saturated rings. The predicted octanol–water partition coefficient (Wildman–Crippen LogP) is 1.03. The first kappa shape index (κ1) is 14.2. The third kappa shape index (κ3) is 3.64. The van der Waals surface area contributed by atoms with Crippen LogP contribution in [0.15, 0.2) is 36.5 Å². The lowest BCUT2D eigenvalue weighted by Gasteiger charge is -2.05. The van der Waals surface area contributed by atoms with E-state index in [9.17, 15) is 4.79 Å². The third-order valence-electron chi connectivity index (χ3n) is 2.84. The molecule has 3 N–H and O–H groups in total. The minimum Gasteiger partial charge on any atom is -0.389 e. The van der Waals surface area contributed by atoms with Gasteiger partial charge in [0.15, 0.2) is 0 Å². The quantitative estimate of drug-likeness (QED) is 0.806. The molecule has 0 unspecified atom stereocenters. The number of aromatic nitrogens is 2. The van der Waals surface area contributed by atoms with E-state index in [1.54, 1.807) is 28.9 Å². The predicted molar refractivity (Wildman–Crippen MR) is 81.6 cm³/mol. The average Bonchev–Trinajstić information content (AvgIpc) is 2.84. The number of carbonyl (C=O) groups is 1. The Morgan fingerprint density at radius 3 is 2.80 bits per heavy atom. The van der Waals surface area contributed by atoms with E-state index in [4.69, 9.17) is 18.0 Å². The van der Waals surface area contributed by atoms with Crippen molar-refractivity contribution in [2.24, 2.45) is 12.8 Å². The molecule has 0 aliphatic carbocycles. The van der Waals surface area contributed by atoms with Crippen molar-refractivity contribution in [1.29, 1.82) is 0 Å². The van der Waals surface area contributed by atoms with Crippen LogP contribution < -0.4 is 11.1 Å². The second-order valence-corrected chi connectivity index (χ2v) is 4.87. The van der Waals surface area contributed by atoms with Crippen LogP contribution in [-0.2, 0) is 13.5 Å². The molecule has 6 heteroatoms. The van der Waals surface area contributed by atoms with Gasteiger partial charge in [0, 0.05) is 37.3 Å². The molecule has 1 aromatic carbocycles. The Hall–Kier alpha value is -2.21. The normalized spacial score (nSPS) is 10.2. The van der Waals surface area contributed by atoms with E-state index in [1.165, 1.54) is 0 Å². The minimum absolute atomic E-state index is 0.140. The van der Waals surface area contributed by atoms with Crippen LogP contribution in [-0.4, -0.2) is 27.2 Å². The van der Waals surface area contributed by atoms with Crippen LogP contribution in [0.25, 0.3) is 0 Å². The van der Waals surface area contributed by atoms with Gasteiger partial charge in [0.1, 0.15) is 4.99 Å². The van der Waals surface area contributed by atoms with Crippen molar-refractivity contribution >= 4 is 23.1 Å². The van der Waals surface area contributed by atoms with E-state index < -0.39 is 0 Å². The Morgan fingerprint density at radius 1 is 1.40 bits per heavy atom. The summed E-state index contributed by atoms with van der Waals surface area (Å²) in [5, 5.41) is 7.10. The lowest BCUT2D eigenvalue weighted by Crippen LogP contribution is -2.26. The number of aryl methyl sites for hydroxylation is 1. The summed E-state index contributed by atoms with van der Waals surface area (Å²) in [5.74, 6) is -0.140. The lowest BCUT2D eigenvalue weighted by atomic mass is 10.1. The number of nitrogens with one attached hydrogen (secondary N) is 1. The van der Waals surface area contributed by atoms with Gasteiger partial charge in [-0.15, -0.1) is 0 Å². The Kier molecular flexibility index (Phi) is 4.47. The summed E-state index contributed by atoms with van der Waals surface area (Å²) in [5.41, 5.74) is 7.74. The number of rotatable bonds is 5. The van der Waals surface area contributed by atoms with Crippen LogP contribution in [0.1, 0.15) is 21.6 Å². The van der Waals surface area contributed by atoms with Gasteiger partial charge in [-0.25, -0.2) is 0 Å². The molecular formula is C14H16N4OS. The van der Waals surface area contributed by atoms with Gasteiger partial charge in [0.2, 0.25) is 0 Å². The van der Waals surface area contributed by atoms with Crippen molar-refractivity contribution in [2.75, 3.05) is 6.54 Å². The van der Waals surface area contributed by atoms with E-state index >= 15 is 0 Å². The topological polar surface area (TPSA) is 72.9 Å². The Labute approximate surface area is 122 Å². The van der Waals surface area contributed by atoms with Crippen LogP contribution >= 0.6 is 12.2 Å². The number of thiocarbonyl (C=S) groups is 1. The van der Waals surface area contributed by atoms with E-state index in [1.807, 2.05) is 19.3 Å². The third-order valence-corrected chi connectivity index (χ3v) is 3.08. The molecule has 1 heterocycles. The van der Waals surface area contributed by atoms with Crippen LogP contribution in [0.2, 0.25) is 0 Å². The Balaban J connectivity index is 1.91. The number of carbonyl (C=O) groups excluding carboxylic acids is 1. The molecule has 0 radical (unpaired) electrons. The van der Waals surface area contributed by atoms with E-state index in [-0.39, 0.29) is 10.9 Å². The highest BCUT2D eigenvalue weighted by Crippen LogP contribution is 2.05. The number of benzene rings is 1. The molecular weight excluding hydrogens is 272 g/mol. The van der Waals surface area contributed by atoms with Crippen molar-refractivity contribution in [2.45, 2.75) is 6.42 Å². The number of nitrogens with zero attached hydrogens (tertiary/aromatic N) is 2. The van der Waals surface area contributed by atoms with E-state index in [0.29, 0.717) is 24.1 Å². The maximum absolute atomic E-state index is 12.0. The molecule has 20 heavy (non-hydrogen) atoms. The molecule has 104 valence electrons. The lowest BCUT2D eigenvalue weighted by molar-refractivity contribution is 0.0954. The highest BCUT2D eigenvalue weighted by molar-refractivity contribution is 7.80. The molecule has 1 aromatic heterocycles. The summed E-state index contributed by atoms with van der Waals surface area (Å²) in [6, 6.07) is 8.91. The van der Waals surface area contributed by atoms with Gasteiger partial charge in [-0.05, 0) is 18.2 Å². The van der Waals surface area contributed by atoms with Crippen LogP contribution in [0, 0.1) is 0 Å². The molecule has 2 rings (SSSR count). The fourth-order valence-corrected chi connectivity index (χ4v) is 1.94. The molecule has 2 aromatic rings. The SMILES string of the molecule is Cn1ccc(CCNC(=O)c2cccc(C(N)=S)c2)n1. The van der Waals surface area contributed by atoms with E-state index in [2.05, 4.69) is 10.4 Å². The number of hydrogen-bond donors (Lipinski definition) is 2. The molecule has 0 bridgehead atoms. The molecule has 0 aliphatic rings. The van der Waals surface area contributed by atoms with Crippen LogP contribution in [0.4, 0.5) is 0 Å². The number of amides is 1. The number of hydrogen-bond acceptors (Lipinski definition) is 3. The van der Waals surface area contributed by atoms with Gasteiger partial charge in [0.05, 0.1) is 5.69 Å². The first-order valence-corrected chi connectivity index (χ1v) is 6.63. The van der Waals surface area contributed by atoms with E-state index in [0.717, 1.165) is 5.69 Å². The van der Waals surface area contributed by atoms with Crippen LogP contribution in [0.5, 0.6) is 0 Å². The van der Waals surface area contributed by atoms with Gasteiger partial charge in [0.25, 0.3) is 5.91 Å². The summed E-state index contributed by atoms with van der Waals surface area (Å²) in [6.07, 6.45) is 2.57. The monoisotopic (exact) mass is 288 g/mol. The molecule has 1 amide bonds. The highest BCUT2D eigenvalue weighted by Gasteiger charge is 2.07. The fourth-order valence-electron chi connectivity index (χ4n) is 1.82. The maximum atomic E-state index is 12.0. The summed E-state index contributed by atoms with van der Waals surface area (Å²) < 4.78 is 1.74. The summed E-state index contributed by atoms with van der Waals surface area (Å²) >= 11 is 4.90. The van der Waals surface area contributed by atoms with Crippen molar-refractivity contribution in [1.82, 2.24) is 15.1 Å². The van der Waals surface area contributed by atoms with Crippen molar-refractivity contribution in [3.63, 3.8) is 0 Å². The van der Waals surface area contributed by atoms with Gasteiger partial charge in [-0.1, -0.05) is 24.4 Å². The minimum atomic E-state index is -0.140. The fraction of sp³-hybridized carbons (Fsp3) is 0.214. The first-order chi connectivity index (χ1) is 9.56. The Bertz CT molecular complexity index is 636. The van der Waals surface area contributed by atoms with Crippen molar-refractivity contribution in [3.05, 3.63) is 53.3 Å². The van der Waals surface area contributed by atoms with Gasteiger partial charge < -0.3 is 11.1 Å². The largest absolute Gasteiger partial charge is 0.389 e. The van der Waals surface area contributed by atoms with Gasteiger partial charge >= 0.3 is 0 Å². The number of nitrogens with two attached hydrogens (primary N) is 1. The molecule has 0 saturated heterocycles. The second-order valence-electron chi connectivity index (χ2n) is 4.43. The van der Waals surface area contributed by atoms with Gasteiger partial charge in [-0.3, -0.25) is 9.48 Å². The van der Waals surface area contributed by atoms with Gasteiger partial charge in [-0.2, -0.15) is 5.10 Å². The second kappa shape index (κ2) is 6.29. The summed E-state index contributed by atoms with van der Waals surface area (Å²) in [4.78, 5) is 12.3. The first-order valence-electron chi connectivity index (χ1n) is 6.23. The molecule has 0 atom stereocenters. The van der Waals surface area contributed by atoms with Crippen LogP contribution in [0.3, 0.4) is 0 Å². The Morgan fingerprint density at radius 2 is 2.15 bits per heavy atom. The molecule has 0 saturated carbocycles. The molecule has 0 aliphatic heterocycles. The zero-order valence-corrected chi connectivity index (χ0v) is 12.0.